The first-order chi connectivity index (χ1) is 11.3. The summed E-state index contributed by atoms with van der Waals surface area (Å²) in [7, 11) is 0. The summed E-state index contributed by atoms with van der Waals surface area (Å²) in [4.78, 5) is 22.5. The molecule has 2 aromatic carbocycles. The molecule has 0 spiro atoms. The number of nitrogens with zero attached hydrogens (tertiary/aromatic N) is 1. The van der Waals surface area contributed by atoms with E-state index in [1.54, 1.807) is 13.0 Å². The highest BCUT2D eigenvalue weighted by atomic mass is 79.9. The Morgan fingerprint density at radius 3 is 2.46 bits per heavy atom. The summed E-state index contributed by atoms with van der Waals surface area (Å²) >= 11 is 3.42. The minimum atomic E-state index is -0.747. The van der Waals surface area contributed by atoms with Gasteiger partial charge in [-0.3, -0.25) is 14.9 Å². The number of benzene rings is 2. The standard InChI is InChI=1S/C17H17BrN2O4/c1-10-7-13(18)8-11(2)16(10)24-12(3)17(21)19-14-5-4-6-15(9-14)20(22)23/h4-9,12H,1-3H3,(H,19,21). The zero-order chi connectivity index (χ0) is 17.9. The summed E-state index contributed by atoms with van der Waals surface area (Å²) in [5.74, 6) is 0.275. The number of rotatable bonds is 5. The maximum Gasteiger partial charge on any atom is 0.271 e. The van der Waals surface area contributed by atoms with Crippen LogP contribution in [0.2, 0.25) is 0 Å². The number of hydrogen-bond donors (Lipinski definition) is 1. The number of carbonyl (C=O) groups excluding carboxylic acids is 1. The number of nitro groups is 1. The van der Waals surface area contributed by atoms with Gasteiger partial charge in [0.2, 0.25) is 0 Å². The Labute approximate surface area is 148 Å². The summed E-state index contributed by atoms with van der Waals surface area (Å²) in [6, 6.07) is 9.60. The number of nitrogens with one attached hydrogen (secondary N) is 1. The van der Waals surface area contributed by atoms with Crippen LogP contribution in [0.5, 0.6) is 5.75 Å². The van der Waals surface area contributed by atoms with Crippen molar-refractivity contribution in [2.45, 2.75) is 26.9 Å². The van der Waals surface area contributed by atoms with Crippen molar-refractivity contribution in [3.8, 4) is 5.75 Å². The van der Waals surface area contributed by atoms with Crippen LogP contribution in [0.25, 0.3) is 0 Å². The van der Waals surface area contributed by atoms with E-state index in [4.69, 9.17) is 4.74 Å². The normalized spacial score (nSPS) is 11.7. The quantitative estimate of drug-likeness (QED) is 0.604. The predicted octanol–water partition coefficient (Wildman–Crippen LogP) is 4.38. The van der Waals surface area contributed by atoms with Gasteiger partial charge in [0.05, 0.1) is 4.92 Å². The fraction of sp³-hybridized carbons (Fsp3) is 0.235. The Bertz CT molecular complexity index is 769. The first-order valence-corrected chi connectivity index (χ1v) is 8.06. The van der Waals surface area contributed by atoms with Gasteiger partial charge in [0, 0.05) is 22.3 Å². The van der Waals surface area contributed by atoms with Gasteiger partial charge in [-0.15, -0.1) is 0 Å². The Morgan fingerprint density at radius 2 is 1.88 bits per heavy atom. The summed E-state index contributed by atoms with van der Waals surface area (Å²) in [6.45, 7) is 5.43. The van der Waals surface area contributed by atoms with Crippen LogP contribution in [-0.4, -0.2) is 16.9 Å². The molecule has 7 heteroatoms. The second-order valence-corrected chi connectivity index (χ2v) is 6.34. The molecule has 0 aliphatic heterocycles. The van der Waals surface area contributed by atoms with Crippen LogP contribution in [0.15, 0.2) is 40.9 Å². The van der Waals surface area contributed by atoms with E-state index in [1.807, 2.05) is 26.0 Å². The van der Waals surface area contributed by atoms with E-state index < -0.39 is 11.0 Å². The minimum absolute atomic E-state index is 0.0824. The molecule has 1 atom stereocenters. The third-order valence-corrected chi connectivity index (χ3v) is 3.87. The molecule has 6 nitrogen and oxygen atoms in total. The van der Waals surface area contributed by atoms with Crippen LogP contribution in [0.4, 0.5) is 11.4 Å². The van der Waals surface area contributed by atoms with Crippen LogP contribution < -0.4 is 10.1 Å². The van der Waals surface area contributed by atoms with Crippen LogP contribution >= 0.6 is 15.9 Å². The van der Waals surface area contributed by atoms with Gasteiger partial charge in [-0.05, 0) is 50.1 Å². The minimum Gasteiger partial charge on any atom is -0.480 e. The van der Waals surface area contributed by atoms with Gasteiger partial charge in [0.25, 0.3) is 11.6 Å². The zero-order valence-corrected chi connectivity index (χ0v) is 15.1. The molecule has 24 heavy (non-hydrogen) atoms. The molecule has 1 N–H and O–H groups in total. The molecule has 1 unspecified atom stereocenters. The van der Waals surface area contributed by atoms with E-state index in [0.717, 1.165) is 15.6 Å². The molecular weight excluding hydrogens is 376 g/mol. The molecule has 0 fully saturated rings. The number of non-ortho nitro benzene ring substituents is 1. The van der Waals surface area contributed by atoms with Crippen molar-refractivity contribution < 1.29 is 14.5 Å². The number of halogens is 1. The maximum absolute atomic E-state index is 12.3. The molecule has 2 rings (SSSR count). The van der Waals surface area contributed by atoms with Gasteiger partial charge >= 0.3 is 0 Å². The van der Waals surface area contributed by atoms with Crippen molar-refractivity contribution in [3.05, 3.63) is 62.1 Å². The lowest BCUT2D eigenvalue weighted by molar-refractivity contribution is -0.384. The Morgan fingerprint density at radius 1 is 1.25 bits per heavy atom. The molecule has 1 amide bonds. The maximum atomic E-state index is 12.3. The van der Waals surface area contributed by atoms with Gasteiger partial charge in [0.15, 0.2) is 6.10 Å². The van der Waals surface area contributed by atoms with Crippen LogP contribution in [0, 0.1) is 24.0 Å². The van der Waals surface area contributed by atoms with E-state index in [9.17, 15) is 14.9 Å². The summed E-state index contributed by atoms with van der Waals surface area (Å²) in [6.07, 6.45) is -0.747. The van der Waals surface area contributed by atoms with E-state index in [2.05, 4.69) is 21.2 Å². The average molecular weight is 393 g/mol. The van der Waals surface area contributed by atoms with Crippen LogP contribution in [0.3, 0.4) is 0 Å². The highest BCUT2D eigenvalue weighted by molar-refractivity contribution is 9.10. The topological polar surface area (TPSA) is 81.5 Å². The second kappa shape index (κ2) is 7.44. The van der Waals surface area contributed by atoms with Crippen molar-refractivity contribution in [2.24, 2.45) is 0 Å². The zero-order valence-electron chi connectivity index (χ0n) is 13.5. The molecule has 0 heterocycles. The van der Waals surface area contributed by atoms with Gasteiger partial charge in [-0.2, -0.15) is 0 Å². The molecule has 0 bridgehead atoms. The summed E-state index contributed by atoms with van der Waals surface area (Å²) < 4.78 is 6.72. The first-order valence-electron chi connectivity index (χ1n) is 7.26. The lowest BCUT2D eigenvalue weighted by Gasteiger charge is -2.18. The largest absolute Gasteiger partial charge is 0.480 e. The first kappa shape index (κ1) is 17.9. The molecule has 0 saturated carbocycles. The Kier molecular flexibility index (Phi) is 5.56. The molecule has 0 aromatic heterocycles. The number of carbonyl (C=O) groups is 1. The lowest BCUT2D eigenvalue weighted by Crippen LogP contribution is -2.30. The van der Waals surface area contributed by atoms with Crippen molar-refractivity contribution >= 4 is 33.2 Å². The van der Waals surface area contributed by atoms with Gasteiger partial charge in [-0.25, -0.2) is 0 Å². The molecule has 0 aliphatic carbocycles. The number of ether oxygens (including phenoxy) is 1. The van der Waals surface area contributed by atoms with Gasteiger partial charge < -0.3 is 10.1 Å². The van der Waals surface area contributed by atoms with E-state index in [0.29, 0.717) is 11.4 Å². The summed E-state index contributed by atoms with van der Waals surface area (Å²) in [5.41, 5.74) is 2.10. The fourth-order valence-corrected chi connectivity index (χ4v) is 2.94. The van der Waals surface area contributed by atoms with Crippen LogP contribution in [0.1, 0.15) is 18.1 Å². The van der Waals surface area contributed by atoms with Gasteiger partial charge in [0.1, 0.15) is 5.75 Å². The third kappa shape index (κ3) is 4.32. The predicted molar refractivity (Wildman–Crippen MR) is 95.4 cm³/mol. The van der Waals surface area contributed by atoms with E-state index in [1.165, 1.54) is 18.2 Å². The third-order valence-electron chi connectivity index (χ3n) is 3.41. The molecule has 0 aliphatic rings. The highest BCUT2D eigenvalue weighted by Gasteiger charge is 2.18. The number of aryl methyl sites for hydroxylation is 2. The van der Waals surface area contributed by atoms with Crippen LogP contribution in [-0.2, 0) is 4.79 Å². The monoisotopic (exact) mass is 392 g/mol. The summed E-state index contributed by atoms with van der Waals surface area (Å²) in [5, 5.41) is 13.4. The molecule has 0 saturated heterocycles. The van der Waals surface area contributed by atoms with E-state index in [-0.39, 0.29) is 11.6 Å². The number of nitro benzene ring substituents is 1. The second-order valence-electron chi connectivity index (χ2n) is 5.43. The molecular formula is C17H17BrN2O4. The number of anilines is 1. The molecule has 0 radical (unpaired) electrons. The lowest BCUT2D eigenvalue weighted by atomic mass is 10.1. The number of hydrogen-bond acceptors (Lipinski definition) is 4. The van der Waals surface area contributed by atoms with Crippen molar-refractivity contribution in [1.82, 2.24) is 0 Å². The fourth-order valence-electron chi connectivity index (χ4n) is 2.25. The SMILES string of the molecule is Cc1cc(Br)cc(C)c1OC(C)C(=O)Nc1cccc([N+](=O)[O-])c1. The van der Waals surface area contributed by atoms with E-state index >= 15 is 0 Å². The van der Waals surface area contributed by atoms with Gasteiger partial charge in [-0.1, -0.05) is 22.0 Å². The molecule has 126 valence electrons. The van der Waals surface area contributed by atoms with Crippen molar-refractivity contribution in [2.75, 3.05) is 5.32 Å². The average Bonchev–Trinajstić information content (AvgIpc) is 2.50. The number of amides is 1. The van der Waals surface area contributed by atoms with Crippen molar-refractivity contribution in [3.63, 3.8) is 0 Å². The smallest absolute Gasteiger partial charge is 0.271 e. The Balaban J connectivity index is 2.10. The Hall–Kier alpha value is -2.41. The van der Waals surface area contributed by atoms with Crippen molar-refractivity contribution in [1.29, 1.82) is 0 Å². The highest BCUT2D eigenvalue weighted by Crippen LogP contribution is 2.28. The molecule has 2 aromatic rings.